The van der Waals surface area contributed by atoms with Crippen molar-refractivity contribution < 1.29 is 4.74 Å². The fourth-order valence-corrected chi connectivity index (χ4v) is 4.57. The summed E-state index contributed by atoms with van der Waals surface area (Å²) in [4.78, 5) is 9.72. The van der Waals surface area contributed by atoms with Gasteiger partial charge in [-0.05, 0) is 43.2 Å². The molecule has 0 saturated carbocycles. The Hall–Kier alpha value is -0.970. The molecule has 0 bridgehead atoms. The van der Waals surface area contributed by atoms with Gasteiger partial charge in [-0.2, -0.15) is 0 Å². The highest BCUT2D eigenvalue weighted by molar-refractivity contribution is 5.10. The van der Waals surface area contributed by atoms with Crippen molar-refractivity contribution in [2.24, 2.45) is 5.92 Å². The van der Waals surface area contributed by atoms with Crippen molar-refractivity contribution in [3.05, 3.63) is 30.1 Å². The molecule has 0 unspecified atom stereocenters. The van der Waals surface area contributed by atoms with E-state index < -0.39 is 0 Å². The monoisotopic (exact) mass is 301 g/mol. The molecule has 1 aromatic heterocycles. The molecule has 3 aliphatic heterocycles. The molecule has 0 aromatic carbocycles. The van der Waals surface area contributed by atoms with Crippen LogP contribution in [0.4, 0.5) is 0 Å². The number of hydrogen-bond donors (Lipinski definition) is 0. The summed E-state index contributed by atoms with van der Waals surface area (Å²) in [5.74, 6) is 0.861. The number of rotatable bonds is 4. The Bertz CT molecular complexity index is 474. The van der Waals surface area contributed by atoms with Gasteiger partial charge >= 0.3 is 0 Å². The van der Waals surface area contributed by atoms with Crippen molar-refractivity contribution in [1.82, 2.24) is 14.8 Å². The van der Waals surface area contributed by atoms with Crippen molar-refractivity contribution in [2.75, 3.05) is 32.8 Å². The largest absolute Gasteiger partial charge is 0.381 e. The van der Waals surface area contributed by atoms with Crippen LogP contribution in [0, 0.1) is 5.92 Å². The van der Waals surface area contributed by atoms with Crippen LogP contribution in [0.5, 0.6) is 0 Å². The predicted molar refractivity (Wildman–Crippen MR) is 86.6 cm³/mol. The second kappa shape index (κ2) is 6.65. The lowest BCUT2D eigenvalue weighted by molar-refractivity contribution is 0.0504. The highest BCUT2D eigenvalue weighted by Gasteiger charge is 2.42. The Morgan fingerprint density at radius 2 is 1.82 bits per heavy atom. The smallest absolute Gasteiger partial charge is 0.0469 e. The molecule has 3 fully saturated rings. The number of ether oxygens (including phenoxy) is 1. The summed E-state index contributed by atoms with van der Waals surface area (Å²) in [7, 11) is 0. The van der Waals surface area contributed by atoms with E-state index in [2.05, 4.69) is 26.9 Å². The molecule has 4 heterocycles. The first kappa shape index (κ1) is 14.6. The van der Waals surface area contributed by atoms with E-state index in [9.17, 15) is 0 Å². The van der Waals surface area contributed by atoms with E-state index in [0.717, 1.165) is 37.8 Å². The third-order valence-corrected chi connectivity index (χ3v) is 5.75. The second-order valence-electron chi connectivity index (χ2n) is 7.09. The molecule has 0 amide bonds. The number of nitrogens with zero attached hydrogens (tertiary/aromatic N) is 3. The minimum absolute atomic E-state index is 0.764. The van der Waals surface area contributed by atoms with Gasteiger partial charge in [0.2, 0.25) is 0 Å². The van der Waals surface area contributed by atoms with Gasteiger partial charge in [-0.25, -0.2) is 0 Å². The molecule has 0 aliphatic carbocycles. The van der Waals surface area contributed by atoms with Gasteiger partial charge in [0.05, 0.1) is 0 Å². The van der Waals surface area contributed by atoms with Gasteiger partial charge in [0.1, 0.15) is 0 Å². The molecule has 3 aliphatic rings. The van der Waals surface area contributed by atoms with Gasteiger partial charge in [0.25, 0.3) is 0 Å². The maximum atomic E-state index is 5.50. The molecule has 2 atom stereocenters. The van der Waals surface area contributed by atoms with Crippen LogP contribution in [0.25, 0.3) is 0 Å². The zero-order valence-corrected chi connectivity index (χ0v) is 13.4. The number of fused-ring (bicyclic) bond motifs is 1. The van der Waals surface area contributed by atoms with Crippen molar-refractivity contribution in [1.29, 1.82) is 0 Å². The van der Waals surface area contributed by atoms with Crippen LogP contribution in [-0.4, -0.2) is 59.7 Å². The fourth-order valence-electron chi connectivity index (χ4n) is 4.57. The van der Waals surface area contributed by atoms with Crippen molar-refractivity contribution in [3.8, 4) is 0 Å². The minimum Gasteiger partial charge on any atom is -0.381 e. The first-order valence-corrected chi connectivity index (χ1v) is 8.85. The first-order valence-electron chi connectivity index (χ1n) is 8.85. The highest BCUT2D eigenvalue weighted by Crippen LogP contribution is 2.33. The normalized spacial score (nSPS) is 30.7. The summed E-state index contributed by atoms with van der Waals surface area (Å²) in [6.07, 6.45) is 9.08. The van der Waals surface area contributed by atoms with Crippen LogP contribution in [0.2, 0.25) is 0 Å². The lowest BCUT2D eigenvalue weighted by Gasteiger charge is -2.30. The highest BCUT2D eigenvalue weighted by atomic mass is 16.5. The molecule has 0 N–H and O–H groups in total. The zero-order valence-electron chi connectivity index (χ0n) is 13.4. The molecule has 22 heavy (non-hydrogen) atoms. The number of pyridine rings is 1. The van der Waals surface area contributed by atoms with Crippen molar-refractivity contribution >= 4 is 0 Å². The van der Waals surface area contributed by atoms with Crippen LogP contribution in [0.15, 0.2) is 24.5 Å². The molecule has 4 nitrogen and oxygen atoms in total. The summed E-state index contributed by atoms with van der Waals surface area (Å²) in [5.41, 5.74) is 1.35. The van der Waals surface area contributed by atoms with Crippen LogP contribution >= 0.6 is 0 Å². The van der Waals surface area contributed by atoms with E-state index in [-0.39, 0.29) is 0 Å². The zero-order chi connectivity index (χ0) is 14.8. The van der Waals surface area contributed by atoms with Crippen molar-refractivity contribution in [3.63, 3.8) is 0 Å². The van der Waals surface area contributed by atoms with Crippen LogP contribution < -0.4 is 0 Å². The summed E-state index contributed by atoms with van der Waals surface area (Å²) in [5, 5.41) is 0. The number of aromatic nitrogens is 1. The van der Waals surface area contributed by atoms with E-state index >= 15 is 0 Å². The summed E-state index contributed by atoms with van der Waals surface area (Å²) >= 11 is 0. The van der Waals surface area contributed by atoms with E-state index in [4.69, 9.17) is 4.74 Å². The van der Waals surface area contributed by atoms with E-state index in [1.54, 1.807) is 0 Å². The molecule has 0 spiro atoms. The molecule has 0 radical (unpaired) electrons. The Morgan fingerprint density at radius 3 is 2.59 bits per heavy atom. The Balaban J connectivity index is 1.35. The fraction of sp³-hybridized carbons (Fsp3) is 0.722. The lowest BCUT2D eigenvalue weighted by atomic mass is 9.99. The molecule has 4 rings (SSSR count). The third kappa shape index (κ3) is 3.05. The van der Waals surface area contributed by atoms with Gasteiger partial charge in [0.15, 0.2) is 0 Å². The first-order chi connectivity index (χ1) is 10.9. The van der Waals surface area contributed by atoms with Gasteiger partial charge in [0, 0.05) is 63.9 Å². The maximum absolute atomic E-state index is 5.50. The average Bonchev–Trinajstić information content (AvgIpc) is 3.14. The molecular formula is C18H27N3O. The molecule has 3 saturated heterocycles. The second-order valence-corrected chi connectivity index (χ2v) is 7.09. The molecule has 4 heteroatoms. The standard InChI is InChI=1S/C18H27N3O/c1-2-16(12-19-7-1)14-21-9-4-17-18(21)3-8-20(17)13-15-5-10-22-11-6-15/h1-2,7,12,15,17-18H,3-6,8-11,13-14H2/t17-,18+/m0/s1. The molecular weight excluding hydrogens is 274 g/mol. The Morgan fingerprint density at radius 1 is 1.05 bits per heavy atom. The van der Waals surface area contributed by atoms with Gasteiger partial charge in [-0.15, -0.1) is 0 Å². The summed E-state index contributed by atoms with van der Waals surface area (Å²) < 4.78 is 5.50. The van der Waals surface area contributed by atoms with E-state index in [1.165, 1.54) is 50.9 Å². The topological polar surface area (TPSA) is 28.6 Å². The van der Waals surface area contributed by atoms with Crippen LogP contribution in [0.3, 0.4) is 0 Å². The van der Waals surface area contributed by atoms with Gasteiger partial charge in [-0.3, -0.25) is 14.8 Å². The third-order valence-electron chi connectivity index (χ3n) is 5.75. The predicted octanol–water partition coefficient (Wildman–Crippen LogP) is 2.16. The van der Waals surface area contributed by atoms with Gasteiger partial charge in [-0.1, -0.05) is 6.07 Å². The Kier molecular flexibility index (Phi) is 4.42. The van der Waals surface area contributed by atoms with Crippen molar-refractivity contribution in [2.45, 2.75) is 44.3 Å². The molecule has 120 valence electrons. The SMILES string of the molecule is c1cncc(CN2CC[C@H]3[C@H]2CCN3CC2CCOCC2)c1. The van der Waals surface area contributed by atoms with E-state index in [1.807, 2.05) is 12.4 Å². The summed E-state index contributed by atoms with van der Waals surface area (Å²) in [6, 6.07) is 5.81. The number of likely N-dealkylation sites (tertiary alicyclic amines) is 2. The average molecular weight is 301 g/mol. The quantitative estimate of drug-likeness (QED) is 0.852. The van der Waals surface area contributed by atoms with Gasteiger partial charge < -0.3 is 4.74 Å². The maximum Gasteiger partial charge on any atom is 0.0469 e. The van der Waals surface area contributed by atoms with E-state index in [0.29, 0.717) is 0 Å². The van der Waals surface area contributed by atoms with Crippen LogP contribution in [-0.2, 0) is 11.3 Å². The molecule has 1 aromatic rings. The number of hydrogen-bond acceptors (Lipinski definition) is 4. The lowest BCUT2D eigenvalue weighted by Crippen LogP contribution is -2.39. The Labute approximate surface area is 133 Å². The summed E-state index contributed by atoms with van der Waals surface area (Å²) in [6.45, 7) is 6.84. The van der Waals surface area contributed by atoms with Crippen LogP contribution in [0.1, 0.15) is 31.2 Å². The minimum atomic E-state index is 0.764.